The predicted molar refractivity (Wildman–Crippen MR) is 73.0 cm³/mol. The number of terminal acetylenes is 1. The van der Waals surface area contributed by atoms with Gasteiger partial charge in [0.05, 0.1) is 0 Å². The molecule has 0 radical (unpaired) electrons. The molecule has 1 nitrogen and oxygen atoms in total. The summed E-state index contributed by atoms with van der Waals surface area (Å²) in [6, 6.07) is 8.66. The highest BCUT2D eigenvalue weighted by Crippen LogP contribution is 2.41. The van der Waals surface area contributed by atoms with Crippen molar-refractivity contribution in [3.8, 4) is 12.3 Å². The van der Waals surface area contributed by atoms with Gasteiger partial charge in [0.15, 0.2) is 0 Å². The van der Waals surface area contributed by atoms with Crippen molar-refractivity contribution in [1.29, 1.82) is 0 Å². The Morgan fingerprint density at radius 3 is 2.65 bits per heavy atom. The average Bonchev–Trinajstić information content (AvgIpc) is 3.15. The van der Waals surface area contributed by atoms with Gasteiger partial charge in [0, 0.05) is 17.5 Å². The van der Waals surface area contributed by atoms with E-state index < -0.39 is 0 Å². The summed E-state index contributed by atoms with van der Waals surface area (Å²) >= 11 is 5.91. The van der Waals surface area contributed by atoms with E-state index in [1.807, 2.05) is 12.1 Å². The first-order valence-corrected chi connectivity index (χ1v) is 6.61. The second-order valence-electron chi connectivity index (χ2n) is 4.63. The Labute approximate surface area is 109 Å². The normalized spacial score (nSPS) is 16.5. The van der Waals surface area contributed by atoms with E-state index in [2.05, 4.69) is 23.4 Å². The van der Waals surface area contributed by atoms with Gasteiger partial charge in [-0.25, -0.2) is 0 Å². The van der Waals surface area contributed by atoms with Crippen LogP contribution in [0.15, 0.2) is 24.3 Å². The standard InChI is InChI=1S/C15H18ClN/c1-2-3-4-11-17-15(12-5-6-12)13-7-9-14(16)10-8-13/h1,7-10,12,15,17H,3-6,11H2. The molecule has 17 heavy (non-hydrogen) atoms. The Kier molecular flexibility index (Phi) is 4.48. The van der Waals surface area contributed by atoms with Crippen molar-refractivity contribution >= 4 is 11.6 Å². The quantitative estimate of drug-likeness (QED) is 0.596. The fourth-order valence-corrected chi connectivity index (χ4v) is 2.23. The van der Waals surface area contributed by atoms with Gasteiger partial charge >= 0.3 is 0 Å². The van der Waals surface area contributed by atoms with Crippen molar-refractivity contribution in [2.75, 3.05) is 6.54 Å². The van der Waals surface area contributed by atoms with E-state index in [9.17, 15) is 0 Å². The third kappa shape index (κ3) is 3.77. The van der Waals surface area contributed by atoms with Crippen LogP contribution in [0.4, 0.5) is 0 Å². The Hall–Kier alpha value is -0.970. The lowest BCUT2D eigenvalue weighted by atomic mass is 10.0. The highest BCUT2D eigenvalue weighted by molar-refractivity contribution is 6.30. The topological polar surface area (TPSA) is 12.0 Å². The van der Waals surface area contributed by atoms with Crippen LogP contribution in [-0.4, -0.2) is 6.54 Å². The zero-order valence-corrected chi connectivity index (χ0v) is 10.7. The van der Waals surface area contributed by atoms with Crippen LogP contribution in [0.5, 0.6) is 0 Å². The largest absolute Gasteiger partial charge is 0.310 e. The van der Waals surface area contributed by atoms with Crippen molar-refractivity contribution in [2.45, 2.75) is 31.7 Å². The number of rotatable bonds is 6. The number of halogens is 1. The number of hydrogen-bond donors (Lipinski definition) is 1. The van der Waals surface area contributed by atoms with Gasteiger partial charge in [-0.2, -0.15) is 0 Å². The third-order valence-electron chi connectivity index (χ3n) is 3.18. The molecule has 1 atom stereocenters. The van der Waals surface area contributed by atoms with Crippen LogP contribution in [0.25, 0.3) is 0 Å². The molecule has 2 heteroatoms. The second-order valence-corrected chi connectivity index (χ2v) is 5.06. The number of hydrogen-bond acceptors (Lipinski definition) is 1. The molecule has 0 aliphatic heterocycles. The first-order chi connectivity index (χ1) is 8.31. The van der Waals surface area contributed by atoms with Crippen molar-refractivity contribution in [2.24, 2.45) is 5.92 Å². The fourth-order valence-electron chi connectivity index (χ4n) is 2.10. The van der Waals surface area contributed by atoms with Crippen molar-refractivity contribution in [3.05, 3.63) is 34.9 Å². The zero-order chi connectivity index (χ0) is 12.1. The van der Waals surface area contributed by atoms with Crippen LogP contribution in [-0.2, 0) is 0 Å². The molecule has 2 rings (SSSR count). The predicted octanol–water partition coefficient (Wildman–Crippen LogP) is 3.79. The molecule has 0 bridgehead atoms. The molecule has 1 aliphatic rings. The minimum atomic E-state index is 0.477. The summed E-state index contributed by atoms with van der Waals surface area (Å²) in [5, 5.41) is 4.42. The molecule has 1 N–H and O–H groups in total. The molecule has 1 aliphatic carbocycles. The van der Waals surface area contributed by atoms with E-state index in [0.717, 1.165) is 30.3 Å². The summed E-state index contributed by atoms with van der Waals surface area (Å²) in [5.41, 5.74) is 1.35. The molecule has 1 fully saturated rings. The summed E-state index contributed by atoms with van der Waals surface area (Å²) in [6.45, 7) is 0.994. The average molecular weight is 248 g/mol. The summed E-state index contributed by atoms with van der Waals surface area (Å²) in [5.74, 6) is 3.47. The molecular formula is C15H18ClN. The van der Waals surface area contributed by atoms with Crippen LogP contribution in [0.2, 0.25) is 5.02 Å². The Balaban J connectivity index is 1.93. The molecule has 1 aromatic rings. The van der Waals surface area contributed by atoms with Gasteiger partial charge in [0.25, 0.3) is 0 Å². The maximum absolute atomic E-state index is 5.91. The lowest BCUT2D eigenvalue weighted by Crippen LogP contribution is -2.24. The first kappa shape index (κ1) is 12.5. The summed E-state index contributed by atoms with van der Waals surface area (Å²) in [4.78, 5) is 0. The van der Waals surface area contributed by atoms with E-state index in [1.54, 1.807) is 0 Å². The molecular weight excluding hydrogens is 230 g/mol. The van der Waals surface area contributed by atoms with Crippen LogP contribution in [0.1, 0.15) is 37.3 Å². The van der Waals surface area contributed by atoms with Gasteiger partial charge in [-0.15, -0.1) is 12.3 Å². The maximum atomic E-state index is 5.91. The van der Waals surface area contributed by atoms with Crippen LogP contribution in [0.3, 0.4) is 0 Å². The summed E-state index contributed by atoms with van der Waals surface area (Å²) in [6.07, 6.45) is 9.81. The van der Waals surface area contributed by atoms with Crippen molar-refractivity contribution < 1.29 is 0 Å². The van der Waals surface area contributed by atoms with E-state index in [4.69, 9.17) is 18.0 Å². The molecule has 1 unspecified atom stereocenters. The van der Waals surface area contributed by atoms with E-state index in [1.165, 1.54) is 18.4 Å². The van der Waals surface area contributed by atoms with E-state index in [0.29, 0.717) is 6.04 Å². The van der Waals surface area contributed by atoms with E-state index >= 15 is 0 Å². The van der Waals surface area contributed by atoms with E-state index in [-0.39, 0.29) is 0 Å². The number of unbranched alkanes of at least 4 members (excludes halogenated alkanes) is 1. The van der Waals surface area contributed by atoms with Gasteiger partial charge < -0.3 is 5.32 Å². The molecule has 90 valence electrons. The summed E-state index contributed by atoms with van der Waals surface area (Å²) in [7, 11) is 0. The third-order valence-corrected chi connectivity index (χ3v) is 3.44. The van der Waals surface area contributed by atoms with Crippen LogP contribution >= 0.6 is 11.6 Å². The van der Waals surface area contributed by atoms with Crippen molar-refractivity contribution in [1.82, 2.24) is 5.32 Å². The van der Waals surface area contributed by atoms with Gasteiger partial charge in [-0.3, -0.25) is 0 Å². The first-order valence-electron chi connectivity index (χ1n) is 6.23. The lowest BCUT2D eigenvalue weighted by Gasteiger charge is -2.18. The SMILES string of the molecule is C#CCCCNC(c1ccc(Cl)cc1)C1CC1. The summed E-state index contributed by atoms with van der Waals surface area (Å²) < 4.78 is 0. The Morgan fingerprint density at radius 1 is 1.35 bits per heavy atom. The number of benzene rings is 1. The van der Waals surface area contributed by atoms with Gasteiger partial charge in [-0.05, 0) is 49.4 Å². The molecule has 1 aromatic carbocycles. The molecule has 0 saturated heterocycles. The highest BCUT2D eigenvalue weighted by Gasteiger charge is 2.31. The Bertz CT molecular complexity index is 386. The molecule has 0 heterocycles. The second kappa shape index (κ2) is 6.10. The van der Waals surface area contributed by atoms with Crippen LogP contribution < -0.4 is 5.32 Å². The molecule has 0 spiro atoms. The fraction of sp³-hybridized carbons (Fsp3) is 0.467. The molecule has 0 amide bonds. The van der Waals surface area contributed by atoms with Crippen LogP contribution in [0, 0.1) is 18.3 Å². The monoisotopic (exact) mass is 247 g/mol. The highest BCUT2D eigenvalue weighted by atomic mass is 35.5. The minimum Gasteiger partial charge on any atom is -0.310 e. The maximum Gasteiger partial charge on any atom is 0.0406 e. The Morgan fingerprint density at radius 2 is 2.06 bits per heavy atom. The minimum absolute atomic E-state index is 0.477. The smallest absolute Gasteiger partial charge is 0.0406 e. The van der Waals surface area contributed by atoms with Gasteiger partial charge in [0.1, 0.15) is 0 Å². The number of nitrogens with one attached hydrogen (secondary N) is 1. The lowest BCUT2D eigenvalue weighted by molar-refractivity contribution is 0.477. The molecule has 1 saturated carbocycles. The van der Waals surface area contributed by atoms with Gasteiger partial charge in [-0.1, -0.05) is 23.7 Å². The van der Waals surface area contributed by atoms with Gasteiger partial charge in [0.2, 0.25) is 0 Å². The van der Waals surface area contributed by atoms with Crippen molar-refractivity contribution in [3.63, 3.8) is 0 Å². The molecule has 0 aromatic heterocycles. The zero-order valence-electron chi connectivity index (χ0n) is 9.95.